The zero-order chi connectivity index (χ0) is 25.2. The average molecular weight is 522 g/mol. The Balaban J connectivity index is 1.51. The number of fused-ring (bicyclic) bond motifs is 1. The van der Waals surface area contributed by atoms with E-state index in [0.29, 0.717) is 27.2 Å². The molecule has 1 saturated carbocycles. The molecule has 5 rings (SSSR count). The van der Waals surface area contributed by atoms with E-state index in [1.54, 1.807) is 6.07 Å². The number of hydrogen-bond donors (Lipinski definition) is 2. The third kappa shape index (κ3) is 4.99. The van der Waals surface area contributed by atoms with E-state index in [1.165, 1.54) is 17.4 Å². The molecule has 1 fully saturated rings. The van der Waals surface area contributed by atoms with Crippen molar-refractivity contribution in [3.05, 3.63) is 88.0 Å². The lowest BCUT2D eigenvalue weighted by atomic mass is 9.89. The summed E-state index contributed by atoms with van der Waals surface area (Å²) in [6.45, 7) is 0.181. The minimum absolute atomic E-state index is 0.0128. The molecule has 0 saturated heterocycles. The van der Waals surface area contributed by atoms with Crippen LogP contribution in [0.15, 0.2) is 66.7 Å². The number of thiophene rings is 1. The van der Waals surface area contributed by atoms with Crippen LogP contribution in [0, 0.1) is 5.82 Å². The summed E-state index contributed by atoms with van der Waals surface area (Å²) in [5, 5.41) is 4.70. The lowest BCUT2D eigenvalue weighted by Gasteiger charge is -2.37. The lowest BCUT2D eigenvalue weighted by Crippen LogP contribution is -2.44. The first kappa shape index (κ1) is 24.8. The maximum absolute atomic E-state index is 15.1. The molecule has 1 aromatic heterocycles. The Labute approximate surface area is 219 Å². The van der Waals surface area contributed by atoms with Gasteiger partial charge in [-0.3, -0.25) is 4.79 Å². The van der Waals surface area contributed by atoms with E-state index in [9.17, 15) is 4.79 Å². The van der Waals surface area contributed by atoms with E-state index in [4.69, 9.17) is 17.3 Å². The Morgan fingerprint density at radius 1 is 1.06 bits per heavy atom. The number of carbonyl (C=O) groups is 1. The van der Waals surface area contributed by atoms with Crippen LogP contribution in [0.5, 0.6) is 0 Å². The van der Waals surface area contributed by atoms with Gasteiger partial charge in [0.15, 0.2) is 0 Å². The maximum Gasteiger partial charge on any atom is 0.266 e. The molecule has 4 nitrogen and oxygen atoms in total. The molecule has 0 unspecified atom stereocenters. The van der Waals surface area contributed by atoms with Crippen LogP contribution >= 0.6 is 22.9 Å². The summed E-state index contributed by atoms with van der Waals surface area (Å²) in [5.41, 5.74) is 8.88. The quantitative estimate of drug-likeness (QED) is 0.266. The first-order chi connectivity index (χ1) is 17.4. The number of nitrogens with zero attached hydrogens (tertiary/aromatic N) is 1. The van der Waals surface area contributed by atoms with Crippen molar-refractivity contribution in [3.8, 4) is 11.1 Å². The van der Waals surface area contributed by atoms with E-state index in [-0.39, 0.29) is 24.3 Å². The zero-order valence-corrected chi connectivity index (χ0v) is 21.7. The van der Waals surface area contributed by atoms with Gasteiger partial charge in [0.2, 0.25) is 0 Å². The number of nitrogens with two attached hydrogens (primary N) is 1. The second kappa shape index (κ2) is 10.6. The number of nitrogens with one attached hydrogen (secondary N) is 1. The van der Waals surface area contributed by atoms with Gasteiger partial charge < -0.3 is 16.0 Å². The predicted octanol–water partition coefficient (Wildman–Crippen LogP) is 7.12. The van der Waals surface area contributed by atoms with Crippen LogP contribution in [0.3, 0.4) is 0 Å². The predicted molar refractivity (Wildman–Crippen MR) is 148 cm³/mol. The molecule has 3 N–H and O–H groups in total. The van der Waals surface area contributed by atoms with Crippen LogP contribution in [-0.2, 0) is 6.54 Å². The third-order valence-electron chi connectivity index (χ3n) is 7.14. The lowest BCUT2D eigenvalue weighted by molar-refractivity contribution is 0.0604. The van der Waals surface area contributed by atoms with Gasteiger partial charge in [-0.1, -0.05) is 48.0 Å². The number of amides is 1. The van der Waals surface area contributed by atoms with Crippen molar-refractivity contribution in [2.24, 2.45) is 0 Å². The summed E-state index contributed by atoms with van der Waals surface area (Å²) in [7, 11) is 1.97. The van der Waals surface area contributed by atoms with Gasteiger partial charge in [-0.15, -0.1) is 11.3 Å². The summed E-state index contributed by atoms with van der Waals surface area (Å²) in [6.07, 6.45) is 3.65. The van der Waals surface area contributed by atoms with Crippen LogP contribution < -0.4 is 11.1 Å². The molecule has 0 radical (unpaired) electrons. The summed E-state index contributed by atoms with van der Waals surface area (Å²) in [4.78, 5) is 16.4. The second-order valence-electron chi connectivity index (χ2n) is 9.40. The van der Waals surface area contributed by atoms with Crippen LogP contribution in [0.1, 0.15) is 40.9 Å². The number of benzene rings is 3. The molecule has 186 valence electrons. The van der Waals surface area contributed by atoms with Gasteiger partial charge >= 0.3 is 0 Å². The highest BCUT2D eigenvalue weighted by Gasteiger charge is 2.32. The number of halogens is 2. The fourth-order valence-corrected chi connectivity index (χ4v) is 6.57. The summed E-state index contributed by atoms with van der Waals surface area (Å²) in [5.74, 6) is -0.463. The molecule has 1 aliphatic carbocycles. The van der Waals surface area contributed by atoms with Crippen LogP contribution in [0.4, 0.5) is 10.1 Å². The molecular weight excluding hydrogens is 493 g/mol. The van der Waals surface area contributed by atoms with Crippen molar-refractivity contribution < 1.29 is 9.18 Å². The molecular formula is C29H29ClFN3OS. The fourth-order valence-electron chi connectivity index (χ4n) is 5.10. The minimum Gasteiger partial charge on any atom is -0.399 e. The van der Waals surface area contributed by atoms with Crippen molar-refractivity contribution in [2.75, 3.05) is 12.8 Å². The molecule has 1 heterocycles. The van der Waals surface area contributed by atoms with Crippen molar-refractivity contribution in [1.29, 1.82) is 0 Å². The highest BCUT2D eigenvalue weighted by Crippen LogP contribution is 2.38. The average Bonchev–Trinajstić information content (AvgIpc) is 3.24. The SMILES string of the molecule is CNC1CCC(N(Cc2cc(-c3cccc(N)c3)ccc2F)C(=O)c2sc3ccccc3c2Cl)CC1. The highest BCUT2D eigenvalue weighted by molar-refractivity contribution is 7.21. The van der Waals surface area contributed by atoms with Crippen molar-refractivity contribution in [3.63, 3.8) is 0 Å². The van der Waals surface area contributed by atoms with Crippen molar-refractivity contribution >= 4 is 44.6 Å². The normalized spacial score (nSPS) is 17.9. The van der Waals surface area contributed by atoms with Gasteiger partial charge in [-0.05, 0) is 74.2 Å². The van der Waals surface area contributed by atoms with Gasteiger partial charge in [0.25, 0.3) is 5.91 Å². The molecule has 3 aromatic carbocycles. The first-order valence-corrected chi connectivity index (χ1v) is 13.4. The van der Waals surface area contributed by atoms with E-state index >= 15 is 4.39 Å². The molecule has 0 atom stereocenters. The summed E-state index contributed by atoms with van der Waals surface area (Å²) < 4.78 is 16.1. The molecule has 0 bridgehead atoms. The molecule has 0 spiro atoms. The molecule has 1 aliphatic rings. The van der Waals surface area contributed by atoms with E-state index in [0.717, 1.165) is 46.9 Å². The van der Waals surface area contributed by atoms with E-state index in [2.05, 4.69) is 5.32 Å². The zero-order valence-electron chi connectivity index (χ0n) is 20.1. The Hall–Kier alpha value is -2.93. The van der Waals surface area contributed by atoms with Gasteiger partial charge in [0.1, 0.15) is 10.7 Å². The number of anilines is 1. The molecule has 0 aliphatic heterocycles. The number of carbonyl (C=O) groups excluding carboxylic acids is 1. The Bertz CT molecular complexity index is 1400. The first-order valence-electron chi connectivity index (χ1n) is 12.2. The Morgan fingerprint density at radius 3 is 2.53 bits per heavy atom. The smallest absolute Gasteiger partial charge is 0.266 e. The topological polar surface area (TPSA) is 58.4 Å². The molecule has 36 heavy (non-hydrogen) atoms. The Kier molecular flexibility index (Phi) is 7.28. The Morgan fingerprint density at radius 2 is 1.81 bits per heavy atom. The largest absolute Gasteiger partial charge is 0.399 e. The number of hydrogen-bond acceptors (Lipinski definition) is 4. The summed E-state index contributed by atoms with van der Waals surface area (Å²) >= 11 is 8.10. The van der Waals surface area contributed by atoms with Gasteiger partial charge in [0.05, 0.1) is 5.02 Å². The van der Waals surface area contributed by atoms with Crippen LogP contribution in [-0.4, -0.2) is 29.9 Å². The van der Waals surface area contributed by atoms with Crippen molar-refractivity contribution in [1.82, 2.24) is 10.2 Å². The van der Waals surface area contributed by atoms with Crippen LogP contribution in [0.2, 0.25) is 5.02 Å². The molecule has 4 aromatic rings. The van der Waals surface area contributed by atoms with E-state index in [1.807, 2.05) is 66.5 Å². The second-order valence-corrected chi connectivity index (χ2v) is 10.8. The number of rotatable bonds is 6. The number of nitrogen functional groups attached to an aromatic ring is 1. The molecule has 7 heteroatoms. The van der Waals surface area contributed by atoms with Gasteiger partial charge in [-0.25, -0.2) is 4.39 Å². The van der Waals surface area contributed by atoms with Gasteiger partial charge in [-0.2, -0.15) is 0 Å². The molecule has 1 amide bonds. The third-order valence-corrected chi connectivity index (χ3v) is 8.81. The van der Waals surface area contributed by atoms with Crippen LogP contribution in [0.25, 0.3) is 21.2 Å². The minimum atomic E-state index is -0.327. The highest BCUT2D eigenvalue weighted by atomic mass is 35.5. The maximum atomic E-state index is 15.1. The summed E-state index contributed by atoms with van der Waals surface area (Å²) in [6, 6.07) is 20.8. The fraction of sp³-hybridized carbons (Fsp3) is 0.276. The monoisotopic (exact) mass is 521 g/mol. The standard InChI is InChI=1S/C29H29ClFN3OS/c1-33-22-10-12-23(13-11-22)34(29(35)28-27(30)24-7-2-3-8-26(24)36-28)17-20-15-19(9-14-25(20)31)18-5-4-6-21(32)16-18/h2-9,14-16,22-23,33H,10-13,17,32H2,1H3. The van der Waals surface area contributed by atoms with Gasteiger partial charge in [0, 0.05) is 40.0 Å². The van der Waals surface area contributed by atoms with E-state index < -0.39 is 0 Å². The van der Waals surface area contributed by atoms with Crippen molar-refractivity contribution in [2.45, 2.75) is 44.3 Å².